The summed E-state index contributed by atoms with van der Waals surface area (Å²) in [5, 5.41) is 13.4. The molecule has 0 radical (unpaired) electrons. The van der Waals surface area contributed by atoms with Crippen LogP contribution in [0.1, 0.15) is 29.8 Å². The number of aryl methyl sites for hydroxylation is 1. The van der Waals surface area contributed by atoms with Crippen molar-refractivity contribution in [2.24, 2.45) is 0 Å². The van der Waals surface area contributed by atoms with Gasteiger partial charge in [-0.2, -0.15) is 18.2 Å². The van der Waals surface area contributed by atoms with Crippen LogP contribution in [0.15, 0.2) is 36.7 Å². The fraction of sp³-hybridized carbons (Fsp3) is 0.375. The zero-order valence-corrected chi connectivity index (χ0v) is 19.4. The number of amides is 1. The second kappa shape index (κ2) is 8.83. The SMILES string of the molecule is O=C1[C@@H]2C[C@H](O)CN2c2nc(NCc3ccc(Oc4ccc(C(F)(F)F)nc4)nc3)nc3c2N1CCC3. The molecule has 0 aromatic carbocycles. The summed E-state index contributed by atoms with van der Waals surface area (Å²) >= 11 is 0. The average molecular weight is 513 g/mol. The van der Waals surface area contributed by atoms with E-state index in [2.05, 4.69) is 20.3 Å². The molecular formula is C24H22F3N7O3. The zero-order valence-electron chi connectivity index (χ0n) is 19.4. The van der Waals surface area contributed by atoms with Gasteiger partial charge in [0.15, 0.2) is 5.82 Å². The Bertz CT molecular complexity index is 1340. The number of nitrogens with zero attached hydrogens (tertiary/aromatic N) is 6. The van der Waals surface area contributed by atoms with Crippen LogP contribution in [0.25, 0.3) is 0 Å². The van der Waals surface area contributed by atoms with E-state index < -0.39 is 24.0 Å². The number of halogens is 3. The van der Waals surface area contributed by atoms with Crippen LogP contribution < -0.4 is 19.9 Å². The van der Waals surface area contributed by atoms with Crippen molar-refractivity contribution in [2.75, 3.05) is 28.2 Å². The first-order chi connectivity index (χ1) is 17.8. The second-order valence-electron chi connectivity index (χ2n) is 9.15. The van der Waals surface area contributed by atoms with Crippen LogP contribution in [0.2, 0.25) is 0 Å². The molecule has 10 nitrogen and oxygen atoms in total. The van der Waals surface area contributed by atoms with Crippen LogP contribution in [0, 0.1) is 0 Å². The molecule has 3 aliphatic rings. The molecule has 6 heterocycles. The predicted octanol–water partition coefficient (Wildman–Crippen LogP) is 2.92. The maximum atomic E-state index is 13.0. The molecule has 1 fully saturated rings. The van der Waals surface area contributed by atoms with E-state index in [0.717, 1.165) is 42.0 Å². The van der Waals surface area contributed by atoms with Crippen molar-refractivity contribution < 1.29 is 27.8 Å². The van der Waals surface area contributed by atoms with E-state index in [-0.39, 0.29) is 17.5 Å². The number of hydrogen-bond acceptors (Lipinski definition) is 9. The van der Waals surface area contributed by atoms with E-state index in [1.165, 1.54) is 6.07 Å². The fourth-order valence-corrected chi connectivity index (χ4v) is 4.90. The highest BCUT2D eigenvalue weighted by molar-refractivity contribution is 6.06. The minimum atomic E-state index is -4.51. The third-order valence-corrected chi connectivity index (χ3v) is 6.60. The van der Waals surface area contributed by atoms with Gasteiger partial charge >= 0.3 is 6.18 Å². The Hall–Kier alpha value is -4.00. The molecule has 13 heteroatoms. The van der Waals surface area contributed by atoms with Gasteiger partial charge in [0.05, 0.1) is 18.0 Å². The molecule has 2 N–H and O–H groups in total. The topological polar surface area (TPSA) is 117 Å². The van der Waals surface area contributed by atoms with Gasteiger partial charge in [-0.05, 0) is 30.5 Å². The van der Waals surface area contributed by atoms with Crippen molar-refractivity contribution in [3.63, 3.8) is 0 Å². The van der Waals surface area contributed by atoms with E-state index in [1.54, 1.807) is 23.2 Å². The van der Waals surface area contributed by atoms with E-state index in [9.17, 15) is 23.1 Å². The standard InChI is InChI=1S/C24H22F3N7O3/c25-24(26,27)18-5-4-15(11-28-18)37-19-6-3-13(9-29-19)10-30-23-31-16-2-1-7-33-20(16)21(32-23)34-12-14(35)8-17(34)22(33)36/h3-6,9,11,14,17,35H,1-2,7-8,10,12H2,(H,30,31,32)/t14-,17-/m0/s1. The van der Waals surface area contributed by atoms with Crippen molar-refractivity contribution in [2.45, 2.75) is 44.1 Å². The van der Waals surface area contributed by atoms with Crippen molar-refractivity contribution in [3.8, 4) is 11.6 Å². The van der Waals surface area contributed by atoms with Gasteiger partial charge in [0.25, 0.3) is 0 Å². The lowest BCUT2D eigenvalue weighted by Gasteiger charge is -2.41. The Balaban J connectivity index is 1.15. The van der Waals surface area contributed by atoms with Crippen LogP contribution in [0.5, 0.6) is 11.6 Å². The number of hydrogen-bond donors (Lipinski definition) is 2. The molecule has 1 saturated heterocycles. The summed E-state index contributed by atoms with van der Waals surface area (Å²) in [4.78, 5) is 33.5. The van der Waals surface area contributed by atoms with E-state index in [1.807, 2.05) is 4.90 Å². The summed E-state index contributed by atoms with van der Waals surface area (Å²) in [6.07, 6.45) is -0.588. The van der Waals surface area contributed by atoms with E-state index >= 15 is 0 Å². The molecule has 0 bridgehead atoms. The van der Waals surface area contributed by atoms with E-state index in [0.29, 0.717) is 37.8 Å². The minimum absolute atomic E-state index is 0.00484. The molecule has 6 rings (SSSR count). The molecule has 3 aromatic rings. The van der Waals surface area contributed by atoms with Crippen LogP contribution in [-0.2, 0) is 23.9 Å². The van der Waals surface area contributed by atoms with E-state index in [4.69, 9.17) is 9.72 Å². The Morgan fingerprint density at radius 2 is 2.00 bits per heavy atom. The predicted molar refractivity (Wildman–Crippen MR) is 125 cm³/mol. The van der Waals surface area contributed by atoms with Gasteiger partial charge in [-0.1, -0.05) is 6.07 Å². The molecule has 3 aromatic heterocycles. The second-order valence-corrected chi connectivity index (χ2v) is 9.15. The smallest absolute Gasteiger partial charge is 0.433 e. The highest BCUT2D eigenvalue weighted by Crippen LogP contribution is 2.43. The quantitative estimate of drug-likeness (QED) is 0.531. The lowest BCUT2D eigenvalue weighted by molar-refractivity contribution is -0.141. The van der Waals surface area contributed by atoms with Crippen molar-refractivity contribution in [3.05, 3.63) is 53.6 Å². The summed E-state index contributed by atoms with van der Waals surface area (Å²) in [6.45, 7) is 1.34. The molecule has 0 spiro atoms. The Morgan fingerprint density at radius 3 is 2.73 bits per heavy atom. The lowest BCUT2D eigenvalue weighted by Crippen LogP contribution is -2.53. The third-order valence-electron chi connectivity index (χ3n) is 6.60. The van der Waals surface area contributed by atoms with Crippen LogP contribution >= 0.6 is 0 Å². The largest absolute Gasteiger partial charge is 0.437 e. The van der Waals surface area contributed by atoms with Gasteiger partial charge < -0.3 is 25.0 Å². The van der Waals surface area contributed by atoms with Crippen LogP contribution in [0.3, 0.4) is 0 Å². The molecule has 2 atom stereocenters. The van der Waals surface area contributed by atoms with Gasteiger partial charge in [0, 0.05) is 38.3 Å². The van der Waals surface area contributed by atoms with Crippen LogP contribution in [0.4, 0.5) is 30.6 Å². The van der Waals surface area contributed by atoms with Gasteiger partial charge in [-0.3, -0.25) is 4.79 Å². The number of ether oxygens (including phenoxy) is 1. The first-order valence-corrected chi connectivity index (χ1v) is 11.8. The zero-order chi connectivity index (χ0) is 25.7. The van der Waals surface area contributed by atoms with Crippen molar-refractivity contribution in [1.82, 2.24) is 19.9 Å². The lowest BCUT2D eigenvalue weighted by atomic mass is 10.0. The van der Waals surface area contributed by atoms with Gasteiger partial charge in [-0.25, -0.2) is 15.0 Å². The summed E-state index contributed by atoms with van der Waals surface area (Å²) in [5.74, 6) is 1.43. The highest BCUT2D eigenvalue weighted by atomic mass is 19.4. The van der Waals surface area contributed by atoms with Crippen molar-refractivity contribution in [1.29, 1.82) is 0 Å². The number of pyridine rings is 2. The fourth-order valence-electron chi connectivity index (χ4n) is 4.90. The Kier molecular flexibility index (Phi) is 5.59. The molecule has 192 valence electrons. The monoisotopic (exact) mass is 513 g/mol. The van der Waals surface area contributed by atoms with Gasteiger partial charge in [0.1, 0.15) is 23.2 Å². The number of rotatable bonds is 5. The number of aliphatic hydroxyl groups excluding tert-OH is 1. The molecule has 37 heavy (non-hydrogen) atoms. The number of alkyl halides is 3. The first kappa shape index (κ1) is 23.4. The Morgan fingerprint density at radius 1 is 1.14 bits per heavy atom. The molecular weight excluding hydrogens is 491 g/mol. The minimum Gasteiger partial charge on any atom is -0.437 e. The summed E-state index contributed by atoms with van der Waals surface area (Å²) < 4.78 is 43.5. The number of anilines is 3. The maximum absolute atomic E-state index is 13.0. The van der Waals surface area contributed by atoms with Crippen molar-refractivity contribution >= 4 is 23.4 Å². The molecule has 3 aliphatic heterocycles. The van der Waals surface area contributed by atoms with Gasteiger partial charge in [-0.15, -0.1) is 0 Å². The van der Waals surface area contributed by atoms with Gasteiger partial charge in [0.2, 0.25) is 17.7 Å². The molecule has 0 unspecified atom stereocenters. The third kappa shape index (κ3) is 4.39. The maximum Gasteiger partial charge on any atom is 0.433 e. The number of aliphatic hydroxyl groups is 1. The normalized spacial score (nSPS) is 20.5. The summed E-state index contributed by atoms with van der Waals surface area (Å²) in [6, 6.07) is 4.99. The summed E-state index contributed by atoms with van der Waals surface area (Å²) in [7, 11) is 0. The first-order valence-electron chi connectivity index (χ1n) is 11.8. The Labute approximate surface area is 209 Å². The number of fused-ring (bicyclic) bond motifs is 2. The average Bonchev–Trinajstić information content (AvgIpc) is 3.28. The number of carbonyl (C=O) groups excluding carboxylic acids is 1. The van der Waals surface area contributed by atoms with Crippen LogP contribution in [-0.4, -0.2) is 56.2 Å². The summed E-state index contributed by atoms with van der Waals surface area (Å²) in [5.41, 5.74) is 1.36. The number of carbonyl (C=O) groups is 1. The molecule has 1 amide bonds. The number of nitrogens with one attached hydrogen (secondary N) is 1. The molecule has 0 aliphatic carbocycles. The number of aromatic nitrogens is 4. The highest BCUT2D eigenvalue weighted by Gasteiger charge is 2.47. The molecule has 0 saturated carbocycles.